The maximum Gasteiger partial charge on any atom is 0.335 e. The molecule has 2 aliphatic carbocycles. The summed E-state index contributed by atoms with van der Waals surface area (Å²) >= 11 is 12.1. The minimum absolute atomic E-state index is 0.00103. The number of anilines is 2. The molecule has 0 aliphatic heterocycles. The van der Waals surface area contributed by atoms with Crippen molar-refractivity contribution in [1.82, 2.24) is 15.1 Å². The fraction of sp³-hybridized carbons (Fsp3) is 0.408. The molecule has 2 aromatic heterocycles. The number of nitrogens with zero attached hydrogens (tertiary/aromatic N) is 4. The topological polar surface area (TPSA) is 243 Å². The highest BCUT2D eigenvalue weighted by molar-refractivity contribution is 6.32. The zero-order chi connectivity index (χ0) is 49.3. The number of carboxylic acids is 1. The smallest absolute Gasteiger partial charge is 0.335 e. The molecular formula is C49H59Cl2N7O10. The molecule has 364 valence electrons. The second kappa shape index (κ2) is 25.5. The van der Waals surface area contributed by atoms with Gasteiger partial charge in [0.1, 0.15) is 10.8 Å². The summed E-state index contributed by atoms with van der Waals surface area (Å²) in [5, 5.41) is 31.9. The summed E-state index contributed by atoms with van der Waals surface area (Å²) in [4.78, 5) is 42.9. The zero-order valence-electron chi connectivity index (χ0n) is 38.9. The summed E-state index contributed by atoms with van der Waals surface area (Å²) in [6.07, 6.45) is 6.76. The van der Waals surface area contributed by atoms with E-state index >= 15 is 0 Å². The highest BCUT2D eigenvalue weighted by Gasteiger charge is 2.32. The molecule has 2 fully saturated rings. The first kappa shape index (κ1) is 52.4. The Balaban J connectivity index is 0.000000211. The SMILES string of the molecule is CC(C)Oc1ccc(C(=O)O)cc1Cl.CCOC(=O)[C@H]1CC[C@@H](Nc2ccc(-c3noc(-c4cnc(OC(C)C)c(Cl)c4)n3)cc2)C1.CCOC(=O)[C@H]1CC[C@@H](Nc2ccc(/C(N)=N/O)cc2)C1. The summed E-state index contributed by atoms with van der Waals surface area (Å²) in [7, 11) is 0. The average Bonchev–Trinajstić information content (AvgIpc) is 4.11. The second-order valence-electron chi connectivity index (χ2n) is 16.6. The third-order valence-electron chi connectivity index (χ3n) is 10.6. The number of hydrogen-bond acceptors (Lipinski definition) is 15. The number of nitrogens with one attached hydrogen (secondary N) is 2. The third-order valence-corrected chi connectivity index (χ3v) is 11.2. The number of esters is 2. The number of nitrogens with two attached hydrogens (primary N) is 1. The number of hydrogen-bond donors (Lipinski definition) is 5. The molecule has 0 radical (unpaired) electrons. The van der Waals surface area contributed by atoms with Crippen LogP contribution in [0.2, 0.25) is 10.0 Å². The van der Waals surface area contributed by atoms with Crippen LogP contribution < -0.4 is 25.8 Å². The predicted molar refractivity (Wildman–Crippen MR) is 260 cm³/mol. The summed E-state index contributed by atoms with van der Waals surface area (Å²) in [5.74, 6) is 0.556. The maximum absolute atomic E-state index is 11.9. The van der Waals surface area contributed by atoms with Crippen LogP contribution >= 0.6 is 23.2 Å². The van der Waals surface area contributed by atoms with Gasteiger partial charge in [0.05, 0.1) is 53.4 Å². The van der Waals surface area contributed by atoms with Crippen molar-refractivity contribution < 1.29 is 48.2 Å². The van der Waals surface area contributed by atoms with Crippen LogP contribution in [0.25, 0.3) is 22.8 Å². The minimum atomic E-state index is -0.997. The van der Waals surface area contributed by atoms with Gasteiger partial charge in [0, 0.05) is 40.8 Å². The molecule has 2 saturated carbocycles. The van der Waals surface area contributed by atoms with Crippen molar-refractivity contribution in [2.75, 3.05) is 23.8 Å². The molecule has 0 unspecified atom stereocenters. The number of amidine groups is 1. The minimum Gasteiger partial charge on any atom is -0.489 e. The quantitative estimate of drug-likeness (QED) is 0.0203. The lowest BCUT2D eigenvalue weighted by Gasteiger charge is -2.14. The Hall–Kier alpha value is -6.59. The molecule has 0 spiro atoms. The lowest BCUT2D eigenvalue weighted by molar-refractivity contribution is -0.148. The molecule has 7 rings (SSSR count). The molecule has 17 nitrogen and oxygen atoms in total. The van der Waals surface area contributed by atoms with Gasteiger partial charge in [-0.15, -0.1) is 0 Å². The van der Waals surface area contributed by atoms with Crippen LogP contribution in [0.15, 0.2) is 88.7 Å². The van der Waals surface area contributed by atoms with E-state index in [9.17, 15) is 14.4 Å². The van der Waals surface area contributed by atoms with Crippen LogP contribution in [0.5, 0.6) is 11.6 Å². The summed E-state index contributed by atoms with van der Waals surface area (Å²) in [6.45, 7) is 12.1. The Morgan fingerprint density at radius 2 is 1.31 bits per heavy atom. The van der Waals surface area contributed by atoms with Crippen molar-refractivity contribution in [2.45, 2.75) is 104 Å². The first-order valence-electron chi connectivity index (χ1n) is 22.5. The Morgan fingerprint density at radius 1 is 0.765 bits per heavy atom. The molecule has 0 saturated heterocycles. The van der Waals surface area contributed by atoms with E-state index in [0.29, 0.717) is 57.7 Å². The summed E-state index contributed by atoms with van der Waals surface area (Å²) < 4.78 is 26.5. The number of aromatic carboxylic acids is 1. The van der Waals surface area contributed by atoms with Crippen LogP contribution in [0.3, 0.4) is 0 Å². The van der Waals surface area contributed by atoms with Crippen LogP contribution in [0.4, 0.5) is 11.4 Å². The van der Waals surface area contributed by atoms with E-state index in [1.165, 1.54) is 12.1 Å². The monoisotopic (exact) mass is 975 g/mol. The number of benzene rings is 3. The Labute approximate surface area is 405 Å². The van der Waals surface area contributed by atoms with Crippen molar-refractivity contribution in [2.24, 2.45) is 22.7 Å². The maximum atomic E-state index is 11.9. The largest absolute Gasteiger partial charge is 0.489 e. The number of carbonyl (C=O) groups excluding carboxylic acids is 2. The molecule has 19 heteroatoms. The summed E-state index contributed by atoms with van der Waals surface area (Å²) in [6, 6.07) is 21.8. The van der Waals surface area contributed by atoms with Crippen LogP contribution in [0.1, 0.15) is 96.0 Å². The van der Waals surface area contributed by atoms with Crippen LogP contribution in [-0.4, -0.2) is 86.7 Å². The van der Waals surface area contributed by atoms with Gasteiger partial charge in [-0.3, -0.25) is 9.59 Å². The Morgan fingerprint density at radius 3 is 1.79 bits per heavy atom. The van der Waals surface area contributed by atoms with E-state index in [4.69, 9.17) is 62.7 Å². The van der Waals surface area contributed by atoms with E-state index in [0.717, 1.165) is 55.5 Å². The highest BCUT2D eigenvalue weighted by atomic mass is 35.5. The zero-order valence-corrected chi connectivity index (χ0v) is 40.4. The Kier molecular flexibility index (Phi) is 19.7. The van der Waals surface area contributed by atoms with Gasteiger partial charge in [-0.05, 0) is 153 Å². The highest BCUT2D eigenvalue weighted by Crippen LogP contribution is 2.33. The third kappa shape index (κ3) is 15.5. The van der Waals surface area contributed by atoms with Crippen molar-refractivity contribution in [3.8, 4) is 34.5 Å². The number of carboxylic acid groups (broad SMARTS) is 1. The predicted octanol–water partition coefficient (Wildman–Crippen LogP) is 10.1. The van der Waals surface area contributed by atoms with Crippen molar-refractivity contribution in [3.05, 3.63) is 100 Å². The van der Waals surface area contributed by atoms with E-state index in [1.54, 1.807) is 30.5 Å². The first-order valence-corrected chi connectivity index (χ1v) is 23.2. The van der Waals surface area contributed by atoms with Gasteiger partial charge in [-0.1, -0.05) is 33.5 Å². The first-order chi connectivity index (χ1) is 32.6. The van der Waals surface area contributed by atoms with Gasteiger partial charge in [-0.25, -0.2) is 9.78 Å². The van der Waals surface area contributed by atoms with Crippen LogP contribution in [0, 0.1) is 11.8 Å². The fourth-order valence-corrected chi connectivity index (χ4v) is 7.89. The van der Waals surface area contributed by atoms with Gasteiger partial charge in [-0.2, -0.15) is 4.98 Å². The molecule has 0 bridgehead atoms. The molecule has 68 heavy (non-hydrogen) atoms. The molecular weight excluding hydrogens is 917 g/mol. The average molecular weight is 977 g/mol. The standard InChI is InChI=1S/C24H27ClN4O4.C15H21N3O3.C10H11ClO3/c1-4-31-24(30)16-7-10-19(11-16)27-18-8-5-15(6-9-18)21-28-22(33-29-21)17-12-20(25)23(26-13-17)32-14(2)3;1-2-21-15(19)11-5-8-13(9-11)17-12-6-3-10(4-7-12)14(16)18-20;1-6(2)14-9-4-3-7(10(12)13)5-8(9)11/h5-6,8-9,12-14,16,19,27H,4,7,10-11H2,1-3H3;3-4,6-7,11,13,17,20H,2,5,8-9H2,1H3,(H2,16,18);3-6H,1-2H3,(H,12,13)/t16-,19+;11-,13+;/m00./s1. The van der Waals surface area contributed by atoms with Gasteiger partial charge in [0.15, 0.2) is 5.84 Å². The van der Waals surface area contributed by atoms with Gasteiger partial charge in [0.2, 0.25) is 11.7 Å². The molecule has 4 atom stereocenters. The van der Waals surface area contributed by atoms with E-state index < -0.39 is 5.97 Å². The number of aromatic nitrogens is 3. The number of ether oxygens (including phenoxy) is 4. The van der Waals surface area contributed by atoms with Gasteiger partial charge >= 0.3 is 17.9 Å². The molecule has 0 amide bonds. The number of oxime groups is 1. The molecule has 6 N–H and O–H groups in total. The lowest BCUT2D eigenvalue weighted by atomic mass is 10.1. The fourth-order valence-electron chi connectivity index (χ4n) is 7.45. The number of pyridine rings is 1. The number of rotatable bonds is 16. The van der Waals surface area contributed by atoms with E-state index in [1.807, 2.05) is 77.9 Å². The lowest BCUT2D eigenvalue weighted by Crippen LogP contribution is -2.19. The van der Waals surface area contributed by atoms with Gasteiger partial charge < -0.3 is 50.2 Å². The summed E-state index contributed by atoms with van der Waals surface area (Å²) in [5.41, 5.74) is 9.72. The molecule has 3 aromatic carbocycles. The van der Waals surface area contributed by atoms with Crippen molar-refractivity contribution >= 4 is 58.3 Å². The van der Waals surface area contributed by atoms with E-state index in [2.05, 4.69) is 30.9 Å². The normalized spacial score (nSPS) is 17.6. The molecule has 2 heterocycles. The second-order valence-corrected chi connectivity index (χ2v) is 17.4. The van der Waals surface area contributed by atoms with E-state index in [-0.39, 0.29) is 59.5 Å². The van der Waals surface area contributed by atoms with Crippen molar-refractivity contribution in [1.29, 1.82) is 0 Å². The number of carbonyl (C=O) groups is 3. The van der Waals surface area contributed by atoms with Gasteiger partial charge in [0.25, 0.3) is 5.89 Å². The number of halogens is 2. The Bertz CT molecular complexity index is 2470. The van der Waals surface area contributed by atoms with Crippen LogP contribution in [-0.2, 0) is 19.1 Å². The van der Waals surface area contributed by atoms with Crippen molar-refractivity contribution in [3.63, 3.8) is 0 Å². The molecule has 2 aliphatic rings. The molecule has 5 aromatic rings.